The fourth-order valence-electron chi connectivity index (χ4n) is 3.17. The van der Waals surface area contributed by atoms with Gasteiger partial charge >= 0.3 is 0 Å². The number of hydrogen-bond acceptors (Lipinski definition) is 6. The third-order valence-electron chi connectivity index (χ3n) is 4.74. The van der Waals surface area contributed by atoms with E-state index in [0.29, 0.717) is 41.6 Å². The van der Waals surface area contributed by atoms with Crippen molar-refractivity contribution < 1.29 is 19.0 Å². The lowest BCUT2D eigenvalue weighted by Crippen LogP contribution is -2.07. The summed E-state index contributed by atoms with van der Waals surface area (Å²) in [6, 6.07) is 14.0. The predicted molar refractivity (Wildman–Crippen MR) is 122 cm³/mol. The largest absolute Gasteiger partial charge is 0.491 e. The first-order chi connectivity index (χ1) is 15.7. The minimum atomic E-state index is -0.404. The third kappa shape index (κ3) is 5.05. The first-order valence-electron chi connectivity index (χ1n) is 10.2. The van der Waals surface area contributed by atoms with Gasteiger partial charge in [-0.3, -0.25) is 0 Å². The molecular weight excluding hydrogens is 479 g/mol. The average Bonchev–Trinajstić information content (AvgIpc) is 3.25. The highest BCUT2D eigenvalue weighted by molar-refractivity contribution is 9.09. The van der Waals surface area contributed by atoms with Gasteiger partial charge in [-0.1, -0.05) is 46.3 Å². The molecule has 0 aliphatic carbocycles. The molecule has 2 heterocycles. The summed E-state index contributed by atoms with van der Waals surface area (Å²) < 4.78 is 27.2. The molecule has 9 heteroatoms. The Morgan fingerprint density at radius 3 is 2.66 bits per heavy atom. The summed E-state index contributed by atoms with van der Waals surface area (Å²) in [6.45, 7) is 0.396. The van der Waals surface area contributed by atoms with Crippen LogP contribution >= 0.6 is 15.9 Å². The molecule has 4 aromatic rings. The molecule has 0 aliphatic heterocycles. The predicted octanol–water partition coefficient (Wildman–Crippen LogP) is 4.58. The van der Waals surface area contributed by atoms with Crippen LogP contribution in [0.4, 0.5) is 4.39 Å². The van der Waals surface area contributed by atoms with E-state index in [1.807, 2.05) is 30.3 Å². The first-order valence-corrected chi connectivity index (χ1v) is 11.3. The van der Waals surface area contributed by atoms with Crippen LogP contribution in [0.15, 0.2) is 54.7 Å². The lowest BCUT2D eigenvalue weighted by molar-refractivity contribution is 0.262. The number of hydrogen-bond donors (Lipinski definition) is 1. The fraction of sp³-hybridized carbons (Fsp3) is 0.261. The van der Waals surface area contributed by atoms with Gasteiger partial charge in [-0.25, -0.2) is 14.1 Å². The molecule has 0 saturated heterocycles. The Morgan fingerprint density at radius 2 is 1.88 bits per heavy atom. The second-order valence-electron chi connectivity index (χ2n) is 7.03. The standard InChI is InChI=1S/C23H22BrFN4O3/c24-10-4-5-11-31-20-12-17(25)8-9-19(20)29-22-18(13-26-29)23(28-21(14-30)27-22)32-15-16-6-2-1-3-7-16/h1-3,6-9,12-13,30H,4-5,10-11,14-15H2. The van der Waals surface area contributed by atoms with Crippen LogP contribution < -0.4 is 9.47 Å². The van der Waals surface area contributed by atoms with Crippen LogP contribution in [-0.2, 0) is 13.2 Å². The van der Waals surface area contributed by atoms with Gasteiger partial charge in [-0.2, -0.15) is 10.1 Å². The number of unbranched alkanes of at least 4 members (excludes halogenated alkanes) is 1. The van der Waals surface area contributed by atoms with Gasteiger partial charge < -0.3 is 14.6 Å². The number of halogens is 2. The molecule has 0 spiro atoms. The Morgan fingerprint density at radius 1 is 1.03 bits per heavy atom. The molecule has 0 atom stereocenters. The molecule has 0 amide bonds. The summed E-state index contributed by atoms with van der Waals surface area (Å²) in [5.74, 6) is 0.471. The summed E-state index contributed by atoms with van der Waals surface area (Å²) in [5.41, 5.74) is 1.95. The van der Waals surface area contributed by atoms with Crippen LogP contribution in [0.2, 0.25) is 0 Å². The van der Waals surface area contributed by atoms with E-state index in [-0.39, 0.29) is 12.4 Å². The molecular formula is C23H22BrFN4O3. The zero-order valence-corrected chi connectivity index (χ0v) is 18.8. The van der Waals surface area contributed by atoms with E-state index >= 15 is 0 Å². The molecule has 0 saturated carbocycles. The van der Waals surface area contributed by atoms with Crippen molar-refractivity contribution in [2.75, 3.05) is 11.9 Å². The number of benzene rings is 2. The van der Waals surface area contributed by atoms with Gasteiger partial charge in [0.25, 0.3) is 0 Å². The number of aliphatic hydroxyl groups excluding tert-OH is 1. The van der Waals surface area contributed by atoms with Crippen LogP contribution in [0.3, 0.4) is 0 Å². The number of aromatic nitrogens is 4. The summed E-state index contributed by atoms with van der Waals surface area (Å²) in [4.78, 5) is 8.74. The second-order valence-corrected chi connectivity index (χ2v) is 7.82. The maximum absolute atomic E-state index is 13.9. The smallest absolute Gasteiger partial charge is 0.228 e. The minimum absolute atomic E-state index is 0.198. The molecule has 166 valence electrons. The fourth-order valence-corrected chi connectivity index (χ4v) is 3.56. The van der Waals surface area contributed by atoms with Crippen molar-refractivity contribution >= 4 is 27.0 Å². The van der Waals surface area contributed by atoms with Gasteiger partial charge in [-0.15, -0.1) is 0 Å². The summed E-state index contributed by atoms with van der Waals surface area (Å²) in [7, 11) is 0. The van der Waals surface area contributed by atoms with E-state index in [2.05, 4.69) is 31.0 Å². The molecule has 0 fully saturated rings. The van der Waals surface area contributed by atoms with Crippen LogP contribution in [0.25, 0.3) is 16.7 Å². The summed E-state index contributed by atoms with van der Waals surface area (Å²) >= 11 is 3.39. The second kappa shape index (κ2) is 10.5. The van der Waals surface area contributed by atoms with Crippen molar-refractivity contribution in [3.63, 3.8) is 0 Å². The Bertz CT molecular complexity index is 1190. The maximum atomic E-state index is 13.9. The lowest BCUT2D eigenvalue weighted by Gasteiger charge is -2.13. The van der Waals surface area contributed by atoms with Gasteiger partial charge in [0, 0.05) is 11.4 Å². The monoisotopic (exact) mass is 500 g/mol. The van der Waals surface area contributed by atoms with Gasteiger partial charge in [0.2, 0.25) is 5.88 Å². The number of nitrogens with zero attached hydrogens (tertiary/aromatic N) is 4. The Hall–Kier alpha value is -3.04. The van der Waals surface area contributed by atoms with E-state index < -0.39 is 5.82 Å². The van der Waals surface area contributed by atoms with Crippen molar-refractivity contribution in [3.8, 4) is 17.3 Å². The highest BCUT2D eigenvalue weighted by atomic mass is 79.9. The zero-order chi connectivity index (χ0) is 22.3. The van der Waals surface area contributed by atoms with Crippen LogP contribution in [0.5, 0.6) is 11.6 Å². The maximum Gasteiger partial charge on any atom is 0.228 e. The topological polar surface area (TPSA) is 82.3 Å². The van der Waals surface area contributed by atoms with Crippen molar-refractivity contribution in [1.82, 2.24) is 19.7 Å². The molecule has 1 N–H and O–H groups in total. The van der Waals surface area contributed by atoms with E-state index in [4.69, 9.17) is 9.47 Å². The molecule has 32 heavy (non-hydrogen) atoms. The van der Waals surface area contributed by atoms with Crippen molar-refractivity contribution in [2.24, 2.45) is 0 Å². The number of alkyl halides is 1. The van der Waals surface area contributed by atoms with Crippen molar-refractivity contribution in [3.05, 3.63) is 71.9 Å². The molecule has 7 nitrogen and oxygen atoms in total. The molecule has 0 radical (unpaired) electrons. The van der Waals surface area contributed by atoms with Crippen LogP contribution in [-0.4, -0.2) is 36.8 Å². The van der Waals surface area contributed by atoms with Gasteiger partial charge in [-0.05, 0) is 30.5 Å². The lowest BCUT2D eigenvalue weighted by atomic mass is 10.2. The Kier molecular flexibility index (Phi) is 7.28. The molecule has 0 unspecified atom stereocenters. The van der Waals surface area contributed by atoms with Crippen LogP contribution in [0.1, 0.15) is 24.2 Å². The van der Waals surface area contributed by atoms with Crippen LogP contribution in [0, 0.1) is 5.82 Å². The first kappa shape index (κ1) is 22.2. The van der Waals surface area contributed by atoms with E-state index in [9.17, 15) is 9.50 Å². The third-order valence-corrected chi connectivity index (χ3v) is 5.30. The van der Waals surface area contributed by atoms with E-state index in [1.54, 1.807) is 16.9 Å². The van der Waals surface area contributed by atoms with Crippen molar-refractivity contribution in [2.45, 2.75) is 26.1 Å². The van der Waals surface area contributed by atoms with E-state index in [1.165, 1.54) is 12.1 Å². The number of aliphatic hydroxyl groups is 1. The number of rotatable bonds is 10. The van der Waals surface area contributed by atoms with Crippen molar-refractivity contribution in [1.29, 1.82) is 0 Å². The van der Waals surface area contributed by atoms with Gasteiger partial charge in [0.1, 0.15) is 35.9 Å². The zero-order valence-electron chi connectivity index (χ0n) is 17.2. The Labute approximate surface area is 193 Å². The summed E-state index contributed by atoms with van der Waals surface area (Å²) in [6.07, 6.45) is 3.37. The van der Waals surface area contributed by atoms with Gasteiger partial charge in [0.05, 0.1) is 12.8 Å². The summed E-state index contributed by atoms with van der Waals surface area (Å²) in [5, 5.41) is 15.6. The SMILES string of the molecule is OCc1nc(OCc2ccccc2)c2cnn(-c3ccc(F)cc3OCCCCBr)c2n1. The molecule has 2 aromatic carbocycles. The molecule has 4 rings (SSSR count). The highest BCUT2D eigenvalue weighted by Gasteiger charge is 2.18. The minimum Gasteiger partial charge on any atom is -0.491 e. The van der Waals surface area contributed by atoms with Gasteiger partial charge in [0.15, 0.2) is 11.5 Å². The molecule has 0 bridgehead atoms. The molecule has 2 aromatic heterocycles. The highest BCUT2D eigenvalue weighted by Crippen LogP contribution is 2.30. The quantitative estimate of drug-likeness (QED) is 0.253. The average molecular weight is 501 g/mol. The Balaban J connectivity index is 1.70. The van der Waals surface area contributed by atoms with E-state index in [0.717, 1.165) is 23.7 Å². The molecule has 0 aliphatic rings. The normalized spacial score (nSPS) is 11.1. The number of fused-ring (bicyclic) bond motifs is 1. The number of ether oxygens (including phenoxy) is 2.